The van der Waals surface area contributed by atoms with Crippen LogP contribution in [0, 0.1) is 6.07 Å². The van der Waals surface area contributed by atoms with Crippen molar-refractivity contribution in [3.63, 3.8) is 0 Å². The van der Waals surface area contributed by atoms with Crippen molar-refractivity contribution in [2.24, 2.45) is 0 Å². The van der Waals surface area contributed by atoms with Crippen LogP contribution in [0.2, 0.25) is 0 Å². The van der Waals surface area contributed by atoms with Crippen LogP contribution in [-0.4, -0.2) is 28.7 Å². The minimum atomic E-state index is -0.0276. The fourth-order valence-electron chi connectivity index (χ4n) is 1.46. The van der Waals surface area contributed by atoms with Crippen LogP contribution < -0.4 is 17.1 Å². The number of ether oxygens (including phenoxy) is 1. The topological polar surface area (TPSA) is 9.23 Å². The minimum Gasteiger partial charge on any atom is -1.00 e. The molecule has 0 unspecified atom stereocenters. The summed E-state index contributed by atoms with van der Waals surface area (Å²) in [5, 5.41) is 0. The normalized spacial score (nSPS) is 16.2. The van der Waals surface area contributed by atoms with Gasteiger partial charge in [-0.2, -0.15) is 18.2 Å². The van der Waals surface area contributed by atoms with Crippen molar-refractivity contribution in [1.29, 1.82) is 0 Å². The summed E-state index contributed by atoms with van der Waals surface area (Å²) in [6.07, 6.45) is 1.000. The number of fused-ring (bicyclic) bond motifs is 1. The number of hydrogen-bond donors (Lipinski definition) is 0. The Bertz CT molecular complexity index is 259. The second-order valence-corrected chi connectivity index (χ2v) is 3.56. The zero-order valence-corrected chi connectivity index (χ0v) is 10.1. The summed E-state index contributed by atoms with van der Waals surface area (Å²) in [5.74, 6) is 0.928. The van der Waals surface area contributed by atoms with Gasteiger partial charge in [-0.05, 0) is 20.3 Å². The van der Waals surface area contributed by atoms with Crippen LogP contribution in [0.1, 0.15) is 19.4 Å². The molecule has 0 saturated carbocycles. The first kappa shape index (κ1) is 13.1. The molecule has 0 aliphatic carbocycles. The van der Waals surface area contributed by atoms with Gasteiger partial charge in [0, 0.05) is 5.75 Å². The predicted octanol–water partition coefficient (Wildman–Crippen LogP) is -1.18. The van der Waals surface area contributed by atoms with Crippen LogP contribution >= 0.6 is 0 Å². The Hall–Kier alpha value is 0.0762. The molecule has 0 fully saturated rings. The molecule has 3 heteroatoms. The summed E-state index contributed by atoms with van der Waals surface area (Å²) in [6, 6.07) is 9.07. The van der Waals surface area contributed by atoms with Gasteiger partial charge in [-0.15, -0.1) is 11.6 Å². The molecule has 0 atom stereocenters. The largest absolute Gasteiger partial charge is 2.00 e. The van der Waals surface area contributed by atoms with Crippen LogP contribution in [0.3, 0.4) is 0 Å². The molecule has 2 rings (SSSR count). The molecule has 0 aromatic heterocycles. The Morgan fingerprint density at radius 1 is 1.46 bits per heavy atom. The standard InChI is InChI=1S/C10H11O.ClH.Mg/c1-10(2)7-8-5-3-4-6-9(8)11-10;;/h3-5H,7H2,1-2H3;1H;/q-1;;+2/p-1. The van der Waals surface area contributed by atoms with Crippen molar-refractivity contribution in [2.45, 2.75) is 25.9 Å². The van der Waals surface area contributed by atoms with Crippen molar-refractivity contribution in [3.05, 3.63) is 29.8 Å². The summed E-state index contributed by atoms with van der Waals surface area (Å²) in [6.45, 7) is 4.20. The van der Waals surface area contributed by atoms with E-state index in [1.54, 1.807) is 0 Å². The van der Waals surface area contributed by atoms with Crippen LogP contribution in [-0.2, 0) is 6.42 Å². The van der Waals surface area contributed by atoms with Crippen LogP contribution in [0.15, 0.2) is 18.2 Å². The molecule has 66 valence electrons. The van der Waals surface area contributed by atoms with E-state index in [9.17, 15) is 0 Å². The Labute approximate surface area is 101 Å². The summed E-state index contributed by atoms with van der Waals surface area (Å²) in [4.78, 5) is 0. The first-order chi connectivity index (χ1) is 5.17. The zero-order valence-electron chi connectivity index (χ0n) is 7.93. The third kappa shape index (κ3) is 2.76. The Morgan fingerprint density at radius 2 is 2.15 bits per heavy atom. The van der Waals surface area contributed by atoms with Gasteiger partial charge in [-0.25, -0.2) is 0 Å². The maximum atomic E-state index is 5.64. The van der Waals surface area contributed by atoms with E-state index in [-0.39, 0.29) is 41.1 Å². The van der Waals surface area contributed by atoms with Gasteiger partial charge in [0.1, 0.15) is 0 Å². The first-order valence-corrected chi connectivity index (χ1v) is 3.86. The number of para-hydroxylation sites is 1. The number of hydrogen-bond acceptors (Lipinski definition) is 1. The van der Waals surface area contributed by atoms with E-state index in [1.165, 1.54) is 5.56 Å². The minimum absolute atomic E-state index is 0. The van der Waals surface area contributed by atoms with E-state index in [2.05, 4.69) is 26.0 Å². The van der Waals surface area contributed by atoms with Gasteiger partial charge in [0.15, 0.2) is 0 Å². The summed E-state index contributed by atoms with van der Waals surface area (Å²) in [5.41, 5.74) is 1.25. The van der Waals surface area contributed by atoms with Gasteiger partial charge >= 0.3 is 23.1 Å². The van der Waals surface area contributed by atoms with Gasteiger partial charge in [-0.1, -0.05) is 0 Å². The third-order valence-electron chi connectivity index (χ3n) is 1.89. The Balaban J connectivity index is 0.000000720. The fourth-order valence-corrected chi connectivity index (χ4v) is 1.46. The Morgan fingerprint density at radius 3 is 2.77 bits per heavy atom. The van der Waals surface area contributed by atoms with Crippen molar-refractivity contribution >= 4 is 23.1 Å². The molecule has 0 bridgehead atoms. The molecular weight excluding hydrogens is 196 g/mol. The van der Waals surface area contributed by atoms with Crippen molar-refractivity contribution in [2.75, 3.05) is 0 Å². The van der Waals surface area contributed by atoms with E-state index >= 15 is 0 Å². The second kappa shape index (κ2) is 4.53. The average Bonchev–Trinajstić information content (AvgIpc) is 2.21. The first-order valence-electron chi connectivity index (χ1n) is 3.86. The molecule has 0 radical (unpaired) electrons. The van der Waals surface area contributed by atoms with E-state index in [0.717, 1.165) is 12.2 Å². The van der Waals surface area contributed by atoms with E-state index < -0.39 is 0 Å². The molecular formula is C10H11ClMgO. The smallest absolute Gasteiger partial charge is 1.00 e. The van der Waals surface area contributed by atoms with Gasteiger partial charge in [0.05, 0.1) is 5.60 Å². The van der Waals surface area contributed by atoms with Gasteiger partial charge in [-0.3, -0.25) is 0 Å². The quantitative estimate of drug-likeness (QED) is 0.384. The molecule has 0 saturated heterocycles. The van der Waals surface area contributed by atoms with E-state index in [4.69, 9.17) is 4.74 Å². The molecule has 13 heavy (non-hydrogen) atoms. The monoisotopic (exact) mass is 206 g/mol. The molecule has 1 aromatic carbocycles. The second-order valence-electron chi connectivity index (χ2n) is 3.56. The molecule has 0 amide bonds. The zero-order chi connectivity index (χ0) is 7.90. The molecule has 0 spiro atoms. The SMILES string of the molecule is CC1(C)Cc2ccc[c-]c2O1.[Cl-].[Mg+2]. The van der Waals surface area contributed by atoms with Crippen LogP contribution in [0.5, 0.6) is 5.75 Å². The van der Waals surface area contributed by atoms with E-state index in [1.807, 2.05) is 12.1 Å². The van der Waals surface area contributed by atoms with Crippen molar-refractivity contribution < 1.29 is 17.1 Å². The van der Waals surface area contributed by atoms with Gasteiger partial charge in [0.25, 0.3) is 0 Å². The maximum Gasteiger partial charge on any atom is 2.00 e. The van der Waals surface area contributed by atoms with Gasteiger partial charge in [0.2, 0.25) is 0 Å². The fraction of sp³-hybridized carbons (Fsp3) is 0.400. The van der Waals surface area contributed by atoms with Crippen LogP contribution in [0.4, 0.5) is 0 Å². The predicted molar refractivity (Wildman–Crippen MR) is 49.4 cm³/mol. The number of halogens is 1. The summed E-state index contributed by atoms with van der Waals surface area (Å²) >= 11 is 0. The average molecular weight is 207 g/mol. The van der Waals surface area contributed by atoms with Gasteiger partial charge < -0.3 is 17.1 Å². The third-order valence-corrected chi connectivity index (χ3v) is 1.89. The molecule has 1 aliphatic heterocycles. The molecule has 1 aliphatic rings. The number of rotatable bonds is 0. The van der Waals surface area contributed by atoms with E-state index in [0.29, 0.717) is 0 Å². The van der Waals surface area contributed by atoms with Crippen molar-refractivity contribution in [3.8, 4) is 5.75 Å². The molecule has 1 aromatic rings. The Kier molecular flexibility index (Phi) is 4.56. The molecule has 1 heterocycles. The summed E-state index contributed by atoms with van der Waals surface area (Å²) in [7, 11) is 0. The maximum absolute atomic E-state index is 5.64. The molecule has 0 N–H and O–H groups in total. The number of benzene rings is 1. The summed E-state index contributed by atoms with van der Waals surface area (Å²) < 4.78 is 5.64. The molecule has 1 nitrogen and oxygen atoms in total. The van der Waals surface area contributed by atoms with Crippen LogP contribution in [0.25, 0.3) is 0 Å². The van der Waals surface area contributed by atoms with Crippen molar-refractivity contribution in [1.82, 2.24) is 0 Å².